The second-order valence-corrected chi connectivity index (χ2v) is 5.93. The van der Waals surface area contributed by atoms with E-state index in [9.17, 15) is 0 Å². The lowest BCUT2D eigenvalue weighted by Crippen LogP contribution is -2.22. The number of nitrogens with zero attached hydrogens (tertiary/aromatic N) is 2. The molecule has 2 aromatic carbocycles. The molecule has 0 saturated carbocycles. The fourth-order valence-corrected chi connectivity index (χ4v) is 2.62. The Kier molecular flexibility index (Phi) is 6.89. The number of ether oxygens (including phenoxy) is 2. The standard InChI is InChI=1S/C18H18Cl2N4O2/c1-25-16-8-4-11(9-17(16)26-2)3-7-15(23-24-18(21)22)13-6-5-12(19)10-14(13)20/h3-10H,1-2H3,(H4,21,22,24)/b7-3+,23-15-. The molecule has 0 amide bonds. The van der Waals surface area contributed by atoms with Crippen molar-refractivity contribution < 1.29 is 9.47 Å². The van der Waals surface area contributed by atoms with Gasteiger partial charge in [-0.05, 0) is 42.0 Å². The Morgan fingerprint density at radius 1 is 0.962 bits per heavy atom. The van der Waals surface area contributed by atoms with Gasteiger partial charge in [0, 0.05) is 10.6 Å². The molecule has 6 nitrogen and oxygen atoms in total. The van der Waals surface area contributed by atoms with Gasteiger partial charge < -0.3 is 20.9 Å². The summed E-state index contributed by atoms with van der Waals surface area (Å²) in [5.74, 6) is 1.09. The summed E-state index contributed by atoms with van der Waals surface area (Å²) >= 11 is 12.2. The largest absolute Gasteiger partial charge is 0.493 e. The van der Waals surface area contributed by atoms with E-state index >= 15 is 0 Å². The summed E-state index contributed by atoms with van der Waals surface area (Å²) in [6.07, 6.45) is 3.57. The Hall–Kier alpha value is -2.70. The molecule has 0 radical (unpaired) electrons. The maximum absolute atomic E-state index is 6.26. The van der Waals surface area contributed by atoms with Crippen LogP contribution in [0.2, 0.25) is 10.0 Å². The molecule has 2 aromatic rings. The van der Waals surface area contributed by atoms with E-state index in [4.69, 9.17) is 44.1 Å². The number of methoxy groups -OCH3 is 2. The van der Waals surface area contributed by atoms with Crippen LogP contribution in [-0.4, -0.2) is 25.9 Å². The lowest BCUT2D eigenvalue weighted by molar-refractivity contribution is 0.355. The first-order chi connectivity index (χ1) is 12.4. The van der Waals surface area contributed by atoms with E-state index in [1.54, 1.807) is 44.6 Å². The molecule has 0 saturated heterocycles. The normalized spacial score (nSPS) is 11.5. The highest BCUT2D eigenvalue weighted by Gasteiger charge is 2.08. The highest BCUT2D eigenvalue weighted by molar-refractivity contribution is 6.37. The summed E-state index contributed by atoms with van der Waals surface area (Å²) in [6, 6.07) is 10.6. The van der Waals surface area contributed by atoms with Gasteiger partial charge in [-0.3, -0.25) is 0 Å². The van der Waals surface area contributed by atoms with E-state index in [0.717, 1.165) is 5.56 Å². The molecule has 136 valence electrons. The van der Waals surface area contributed by atoms with Crippen LogP contribution >= 0.6 is 23.2 Å². The predicted octanol–water partition coefficient (Wildman–Crippen LogP) is 3.70. The van der Waals surface area contributed by atoms with Crippen molar-refractivity contribution in [3.63, 3.8) is 0 Å². The Bertz CT molecular complexity index is 875. The highest BCUT2D eigenvalue weighted by Crippen LogP contribution is 2.28. The zero-order chi connectivity index (χ0) is 19.1. The summed E-state index contributed by atoms with van der Waals surface area (Å²) in [5, 5.41) is 8.72. The van der Waals surface area contributed by atoms with Crippen LogP contribution in [0, 0.1) is 0 Å². The van der Waals surface area contributed by atoms with Crippen LogP contribution in [0.25, 0.3) is 6.08 Å². The lowest BCUT2D eigenvalue weighted by Gasteiger charge is -2.08. The fourth-order valence-electron chi connectivity index (χ4n) is 2.12. The summed E-state index contributed by atoms with van der Waals surface area (Å²) in [4.78, 5) is 0. The van der Waals surface area contributed by atoms with Crippen LogP contribution in [0.4, 0.5) is 0 Å². The minimum absolute atomic E-state index is 0.160. The molecule has 0 unspecified atom stereocenters. The Morgan fingerprint density at radius 3 is 2.31 bits per heavy atom. The first kappa shape index (κ1) is 19.6. The molecule has 0 aliphatic carbocycles. The Morgan fingerprint density at radius 2 is 1.69 bits per heavy atom. The maximum Gasteiger partial charge on any atom is 0.211 e. The number of rotatable bonds is 6. The van der Waals surface area contributed by atoms with Crippen LogP contribution in [0.15, 0.2) is 52.7 Å². The first-order valence-electron chi connectivity index (χ1n) is 7.46. The third-order valence-corrected chi connectivity index (χ3v) is 3.87. The highest BCUT2D eigenvalue weighted by atomic mass is 35.5. The monoisotopic (exact) mass is 392 g/mol. The number of guanidine groups is 1. The van der Waals surface area contributed by atoms with Gasteiger partial charge in [0.05, 0.1) is 25.0 Å². The van der Waals surface area contributed by atoms with Crippen molar-refractivity contribution in [1.29, 1.82) is 0 Å². The number of allylic oxidation sites excluding steroid dienone is 1. The van der Waals surface area contributed by atoms with E-state index in [1.807, 2.05) is 18.2 Å². The van der Waals surface area contributed by atoms with Crippen molar-refractivity contribution in [2.24, 2.45) is 21.7 Å². The predicted molar refractivity (Wildman–Crippen MR) is 107 cm³/mol. The fraction of sp³-hybridized carbons (Fsp3) is 0.111. The van der Waals surface area contributed by atoms with Gasteiger partial charge in [0.2, 0.25) is 5.96 Å². The van der Waals surface area contributed by atoms with E-state index in [-0.39, 0.29) is 5.96 Å². The Labute approximate surface area is 161 Å². The average Bonchev–Trinajstić information content (AvgIpc) is 2.62. The number of nitrogens with two attached hydrogens (primary N) is 2. The van der Waals surface area contributed by atoms with Crippen LogP contribution in [0.1, 0.15) is 11.1 Å². The molecule has 0 aliphatic heterocycles. The maximum atomic E-state index is 6.26. The van der Waals surface area contributed by atoms with E-state index in [0.29, 0.717) is 32.8 Å². The van der Waals surface area contributed by atoms with Crippen LogP contribution in [-0.2, 0) is 0 Å². The van der Waals surface area contributed by atoms with Gasteiger partial charge >= 0.3 is 0 Å². The van der Waals surface area contributed by atoms with Crippen molar-refractivity contribution in [3.05, 3.63) is 63.6 Å². The van der Waals surface area contributed by atoms with Crippen LogP contribution < -0.4 is 20.9 Å². The first-order valence-corrected chi connectivity index (χ1v) is 8.22. The third kappa shape index (κ3) is 5.15. The van der Waals surface area contributed by atoms with Gasteiger partial charge in [0.1, 0.15) is 0 Å². The van der Waals surface area contributed by atoms with Crippen molar-refractivity contribution in [1.82, 2.24) is 0 Å². The molecule has 4 N–H and O–H groups in total. The van der Waals surface area contributed by atoms with Crippen LogP contribution in [0.5, 0.6) is 11.5 Å². The van der Waals surface area contributed by atoms with E-state index in [1.165, 1.54) is 0 Å². The molecule has 0 aromatic heterocycles. The summed E-state index contributed by atoms with van der Waals surface area (Å²) < 4.78 is 10.5. The topological polar surface area (TPSA) is 95.2 Å². The number of hydrogen-bond acceptors (Lipinski definition) is 4. The molecule has 2 rings (SSSR count). The molecule has 0 spiro atoms. The quantitative estimate of drug-likeness (QED) is 0.444. The van der Waals surface area contributed by atoms with Gasteiger partial charge in [-0.15, -0.1) is 10.2 Å². The minimum atomic E-state index is -0.160. The molecule has 0 fully saturated rings. The molecular formula is C18H18Cl2N4O2. The lowest BCUT2D eigenvalue weighted by atomic mass is 10.1. The molecule has 0 bridgehead atoms. The van der Waals surface area contributed by atoms with Gasteiger partial charge in [0.25, 0.3) is 0 Å². The number of benzene rings is 2. The van der Waals surface area contributed by atoms with E-state index in [2.05, 4.69) is 10.2 Å². The van der Waals surface area contributed by atoms with Gasteiger partial charge in [0.15, 0.2) is 11.5 Å². The molecule has 0 heterocycles. The second-order valence-electron chi connectivity index (χ2n) is 5.08. The van der Waals surface area contributed by atoms with Crippen LogP contribution in [0.3, 0.4) is 0 Å². The molecule has 0 atom stereocenters. The number of halogens is 2. The van der Waals surface area contributed by atoms with Crippen molar-refractivity contribution >= 4 is 40.9 Å². The smallest absolute Gasteiger partial charge is 0.211 e. The van der Waals surface area contributed by atoms with Gasteiger partial charge in [-0.2, -0.15) is 0 Å². The van der Waals surface area contributed by atoms with E-state index < -0.39 is 0 Å². The number of hydrogen-bond donors (Lipinski definition) is 2. The van der Waals surface area contributed by atoms with Crippen molar-refractivity contribution in [2.45, 2.75) is 0 Å². The van der Waals surface area contributed by atoms with Crippen molar-refractivity contribution in [2.75, 3.05) is 14.2 Å². The SMILES string of the molecule is COc1ccc(/C=C/C(=N/N=C(N)N)c2ccc(Cl)cc2Cl)cc1OC. The molecule has 8 heteroatoms. The summed E-state index contributed by atoms with van der Waals surface area (Å²) in [7, 11) is 3.15. The third-order valence-electron chi connectivity index (χ3n) is 3.32. The average molecular weight is 393 g/mol. The molecule has 0 aliphatic rings. The van der Waals surface area contributed by atoms with Gasteiger partial charge in [-0.1, -0.05) is 35.3 Å². The summed E-state index contributed by atoms with van der Waals surface area (Å²) in [5.41, 5.74) is 12.7. The zero-order valence-corrected chi connectivity index (χ0v) is 15.8. The minimum Gasteiger partial charge on any atom is -0.493 e. The van der Waals surface area contributed by atoms with Crippen molar-refractivity contribution in [3.8, 4) is 11.5 Å². The Balaban J connectivity index is 2.43. The second kappa shape index (κ2) is 9.12. The van der Waals surface area contributed by atoms with Gasteiger partial charge in [-0.25, -0.2) is 0 Å². The molecular weight excluding hydrogens is 375 g/mol. The molecule has 26 heavy (non-hydrogen) atoms. The zero-order valence-electron chi connectivity index (χ0n) is 14.2. The summed E-state index contributed by atoms with van der Waals surface area (Å²) in [6.45, 7) is 0.